The Bertz CT molecular complexity index is 528. The maximum atomic E-state index is 12.2. The van der Waals surface area contributed by atoms with Gasteiger partial charge in [-0.15, -0.1) is 0 Å². The summed E-state index contributed by atoms with van der Waals surface area (Å²) in [7, 11) is 0. The van der Waals surface area contributed by atoms with Crippen molar-refractivity contribution in [2.24, 2.45) is 0 Å². The van der Waals surface area contributed by atoms with Crippen molar-refractivity contribution in [1.82, 2.24) is 10.2 Å². The van der Waals surface area contributed by atoms with Crippen LogP contribution in [0, 0.1) is 0 Å². The van der Waals surface area contributed by atoms with Crippen LogP contribution in [-0.4, -0.2) is 42.3 Å². The Kier molecular flexibility index (Phi) is 8.09. The Morgan fingerprint density at radius 3 is 2.28 bits per heavy atom. The average molecular weight is 358 g/mol. The van der Waals surface area contributed by atoms with Crippen LogP contribution in [0.4, 0.5) is 13.6 Å². The molecule has 5 nitrogen and oxygen atoms in total. The molecule has 1 aromatic carbocycles. The van der Waals surface area contributed by atoms with E-state index < -0.39 is 12.2 Å². The molecule has 1 N–H and O–H groups in total. The molecule has 0 saturated heterocycles. The smallest absolute Gasteiger partial charge is 0.410 e. The second-order valence-corrected chi connectivity index (χ2v) is 6.97. The Morgan fingerprint density at radius 2 is 1.80 bits per heavy atom. The van der Waals surface area contributed by atoms with E-state index in [9.17, 15) is 13.6 Å². The first-order valence-electron chi connectivity index (χ1n) is 8.32. The molecular weight excluding hydrogens is 330 g/mol. The molecule has 0 aliphatic heterocycles. The van der Waals surface area contributed by atoms with Crippen LogP contribution < -0.4 is 10.1 Å². The van der Waals surface area contributed by atoms with Gasteiger partial charge in [0.25, 0.3) is 0 Å². The molecule has 0 radical (unpaired) electrons. The molecule has 1 aromatic rings. The van der Waals surface area contributed by atoms with Crippen LogP contribution in [0.3, 0.4) is 0 Å². The number of halogens is 2. The molecule has 1 rings (SSSR count). The molecule has 0 spiro atoms. The number of ether oxygens (including phenoxy) is 2. The fourth-order valence-electron chi connectivity index (χ4n) is 2.10. The van der Waals surface area contributed by atoms with Crippen LogP contribution in [0.2, 0.25) is 0 Å². The molecule has 1 amide bonds. The van der Waals surface area contributed by atoms with Crippen molar-refractivity contribution in [3.8, 4) is 5.75 Å². The number of amides is 1. The number of carbonyl (C=O) groups excluding carboxylic acids is 1. The summed E-state index contributed by atoms with van der Waals surface area (Å²) in [6.07, 6.45) is -0.335. The highest BCUT2D eigenvalue weighted by Gasteiger charge is 2.23. The fraction of sp³-hybridized carbons (Fsp3) is 0.611. The minimum absolute atomic E-state index is 0.0300. The maximum Gasteiger partial charge on any atom is 0.410 e. The number of hydrogen-bond donors (Lipinski definition) is 1. The third-order valence-electron chi connectivity index (χ3n) is 3.26. The van der Waals surface area contributed by atoms with Crippen molar-refractivity contribution in [2.75, 3.05) is 13.1 Å². The van der Waals surface area contributed by atoms with Gasteiger partial charge in [-0.2, -0.15) is 8.78 Å². The molecule has 25 heavy (non-hydrogen) atoms. The lowest BCUT2D eigenvalue weighted by Gasteiger charge is -2.30. The molecule has 0 aliphatic carbocycles. The molecule has 0 unspecified atom stereocenters. The van der Waals surface area contributed by atoms with Gasteiger partial charge in [0.1, 0.15) is 11.4 Å². The van der Waals surface area contributed by atoms with E-state index in [1.807, 2.05) is 34.6 Å². The minimum Gasteiger partial charge on any atom is -0.444 e. The summed E-state index contributed by atoms with van der Waals surface area (Å²) in [5.74, 6) is 0.134. The van der Waals surface area contributed by atoms with Crippen LogP contribution in [0.1, 0.15) is 40.2 Å². The first kappa shape index (κ1) is 21.2. The first-order valence-corrected chi connectivity index (χ1v) is 8.32. The topological polar surface area (TPSA) is 50.8 Å². The number of hydrogen-bond acceptors (Lipinski definition) is 4. The number of nitrogens with one attached hydrogen (secondary N) is 1. The van der Waals surface area contributed by atoms with Gasteiger partial charge in [0.05, 0.1) is 0 Å². The van der Waals surface area contributed by atoms with Gasteiger partial charge in [-0.1, -0.05) is 12.1 Å². The monoisotopic (exact) mass is 358 g/mol. The number of carbonyl (C=O) groups is 1. The van der Waals surface area contributed by atoms with Gasteiger partial charge in [0.15, 0.2) is 0 Å². The molecule has 0 heterocycles. The predicted molar refractivity (Wildman–Crippen MR) is 92.9 cm³/mol. The van der Waals surface area contributed by atoms with E-state index in [0.29, 0.717) is 19.6 Å². The lowest BCUT2D eigenvalue weighted by atomic mass is 10.2. The first-order chi connectivity index (χ1) is 11.6. The molecule has 0 saturated carbocycles. The van der Waals surface area contributed by atoms with Gasteiger partial charge in [-0.05, 0) is 52.3 Å². The zero-order valence-corrected chi connectivity index (χ0v) is 15.5. The van der Waals surface area contributed by atoms with Crippen molar-refractivity contribution in [3.63, 3.8) is 0 Å². The highest BCUT2D eigenvalue weighted by molar-refractivity contribution is 5.68. The fourth-order valence-corrected chi connectivity index (χ4v) is 2.10. The number of rotatable bonds is 8. The van der Waals surface area contributed by atoms with Crippen molar-refractivity contribution in [2.45, 2.75) is 59.4 Å². The largest absolute Gasteiger partial charge is 0.444 e. The Morgan fingerprint density at radius 1 is 1.20 bits per heavy atom. The zero-order chi connectivity index (χ0) is 19.0. The second-order valence-electron chi connectivity index (χ2n) is 6.97. The van der Waals surface area contributed by atoms with Crippen LogP contribution in [0.5, 0.6) is 5.75 Å². The molecule has 0 atom stereocenters. The van der Waals surface area contributed by atoms with E-state index in [0.717, 1.165) is 5.56 Å². The van der Waals surface area contributed by atoms with E-state index in [4.69, 9.17) is 4.74 Å². The van der Waals surface area contributed by atoms with Gasteiger partial charge in [0.2, 0.25) is 0 Å². The summed E-state index contributed by atoms with van der Waals surface area (Å²) in [5, 5.41) is 3.23. The van der Waals surface area contributed by atoms with Crippen molar-refractivity contribution < 1.29 is 23.0 Å². The highest BCUT2D eigenvalue weighted by atomic mass is 19.3. The van der Waals surface area contributed by atoms with Crippen LogP contribution in [0.25, 0.3) is 0 Å². The summed E-state index contributed by atoms with van der Waals surface area (Å²) < 4.78 is 33.9. The third-order valence-corrected chi connectivity index (χ3v) is 3.26. The van der Waals surface area contributed by atoms with E-state index in [1.165, 1.54) is 12.1 Å². The van der Waals surface area contributed by atoms with Crippen LogP contribution >= 0.6 is 0 Å². The quantitative estimate of drug-likeness (QED) is 0.713. The van der Waals surface area contributed by atoms with Crippen LogP contribution in [-0.2, 0) is 11.3 Å². The number of benzene rings is 1. The SMILES string of the molecule is CC(C)N(CCNCc1ccc(OC(F)F)cc1)C(=O)OC(C)(C)C. The second kappa shape index (κ2) is 9.56. The van der Waals surface area contributed by atoms with Crippen molar-refractivity contribution in [1.29, 1.82) is 0 Å². The normalized spacial score (nSPS) is 11.7. The zero-order valence-electron chi connectivity index (χ0n) is 15.5. The number of nitrogens with zero attached hydrogens (tertiary/aromatic N) is 1. The lowest BCUT2D eigenvalue weighted by molar-refractivity contribution is -0.0498. The van der Waals surface area contributed by atoms with Gasteiger partial charge in [-0.25, -0.2) is 4.79 Å². The van der Waals surface area contributed by atoms with Crippen molar-refractivity contribution in [3.05, 3.63) is 29.8 Å². The Balaban J connectivity index is 2.42. The molecule has 0 aromatic heterocycles. The molecule has 0 aliphatic rings. The molecule has 0 fully saturated rings. The molecule has 7 heteroatoms. The Labute approximate surface area is 148 Å². The summed E-state index contributed by atoms with van der Waals surface area (Å²) in [5.41, 5.74) is 0.412. The molecule has 142 valence electrons. The van der Waals surface area contributed by atoms with Gasteiger partial charge < -0.3 is 19.7 Å². The predicted octanol–water partition coefficient (Wildman–Crippen LogP) is 4.02. The Hall–Kier alpha value is -1.89. The summed E-state index contributed by atoms with van der Waals surface area (Å²) >= 11 is 0. The summed E-state index contributed by atoms with van der Waals surface area (Å²) in [6.45, 7) is 8.23. The van der Waals surface area contributed by atoms with Gasteiger partial charge in [-0.3, -0.25) is 0 Å². The standard InChI is InChI=1S/C18H28F2N2O3/c1-13(2)22(17(23)25-18(3,4)5)11-10-21-12-14-6-8-15(9-7-14)24-16(19)20/h6-9,13,16,21H,10-12H2,1-5H3. The van der Waals surface area contributed by atoms with Crippen LogP contribution in [0.15, 0.2) is 24.3 Å². The van der Waals surface area contributed by atoms with E-state index in [2.05, 4.69) is 10.1 Å². The highest BCUT2D eigenvalue weighted by Crippen LogP contribution is 2.15. The summed E-state index contributed by atoms with van der Waals surface area (Å²) in [6, 6.07) is 6.48. The van der Waals surface area contributed by atoms with Gasteiger partial charge in [0, 0.05) is 25.7 Å². The minimum atomic E-state index is -2.82. The third kappa shape index (κ3) is 8.67. The van der Waals surface area contributed by atoms with E-state index >= 15 is 0 Å². The molecular formula is C18H28F2N2O3. The van der Waals surface area contributed by atoms with E-state index in [-0.39, 0.29) is 17.9 Å². The molecule has 0 bridgehead atoms. The average Bonchev–Trinajstić information content (AvgIpc) is 2.45. The number of alkyl halides is 2. The summed E-state index contributed by atoms with van der Waals surface area (Å²) in [4.78, 5) is 13.9. The maximum absolute atomic E-state index is 12.2. The lowest BCUT2D eigenvalue weighted by Crippen LogP contribution is -2.44. The van der Waals surface area contributed by atoms with Gasteiger partial charge >= 0.3 is 12.7 Å². The van der Waals surface area contributed by atoms with E-state index in [1.54, 1.807) is 17.0 Å². The van der Waals surface area contributed by atoms with Crippen molar-refractivity contribution >= 4 is 6.09 Å².